The van der Waals surface area contributed by atoms with Crippen LogP contribution >= 0.6 is 0 Å². The molecule has 0 spiro atoms. The number of rotatable bonds is 11. The average molecular weight is 356 g/mol. The molecule has 2 N–H and O–H groups in total. The maximum atomic E-state index is 5.98. The van der Waals surface area contributed by atoms with Crippen molar-refractivity contribution in [3.8, 4) is 0 Å². The van der Waals surface area contributed by atoms with Crippen molar-refractivity contribution in [2.24, 2.45) is 10.9 Å². The first kappa shape index (κ1) is 20.5. The van der Waals surface area contributed by atoms with E-state index in [0.717, 1.165) is 70.7 Å². The Kier molecular flexibility index (Phi) is 10.2. The zero-order chi connectivity index (χ0) is 17.7. The molecule has 25 heavy (non-hydrogen) atoms. The number of nitrogens with one attached hydrogen (secondary N) is 2. The van der Waals surface area contributed by atoms with Crippen LogP contribution < -0.4 is 10.6 Å². The van der Waals surface area contributed by atoms with E-state index >= 15 is 0 Å². The van der Waals surface area contributed by atoms with E-state index in [1.54, 1.807) is 0 Å². The Bertz CT molecular complexity index is 367. The van der Waals surface area contributed by atoms with E-state index < -0.39 is 0 Å². The molecular weight excluding hydrogens is 318 g/mol. The van der Waals surface area contributed by atoms with Gasteiger partial charge in [-0.1, -0.05) is 12.8 Å². The van der Waals surface area contributed by atoms with Crippen LogP contribution in [0.5, 0.6) is 0 Å². The van der Waals surface area contributed by atoms with Crippen LogP contribution in [0.2, 0.25) is 0 Å². The lowest BCUT2D eigenvalue weighted by Gasteiger charge is -2.24. The molecule has 1 heterocycles. The molecule has 6 nitrogen and oxygen atoms in total. The molecule has 2 rings (SSSR count). The predicted molar refractivity (Wildman–Crippen MR) is 101 cm³/mol. The highest BCUT2D eigenvalue weighted by Gasteiger charge is 2.25. The molecule has 2 atom stereocenters. The Morgan fingerprint density at radius 2 is 2.00 bits per heavy atom. The summed E-state index contributed by atoms with van der Waals surface area (Å²) < 4.78 is 17.1. The standard InChI is InChI=1S/C19H37N3O3/c1-3-24-18(16-7-4-5-8-16)9-12-22-19(20-2)21-11-6-13-25-17-10-14-23-15-17/h16-18H,3-15H2,1-2H3,(H2,20,21,22). The van der Waals surface area contributed by atoms with E-state index in [1.165, 1.54) is 25.7 Å². The summed E-state index contributed by atoms with van der Waals surface area (Å²) in [6, 6.07) is 0. The van der Waals surface area contributed by atoms with E-state index in [1.807, 2.05) is 7.05 Å². The van der Waals surface area contributed by atoms with Crippen molar-refractivity contribution in [1.29, 1.82) is 0 Å². The first-order valence-electron chi connectivity index (χ1n) is 10.1. The van der Waals surface area contributed by atoms with Gasteiger partial charge in [0.05, 0.1) is 18.8 Å². The lowest BCUT2D eigenvalue weighted by Crippen LogP contribution is -2.40. The van der Waals surface area contributed by atoms with Crippen molar-refractivity contribution >= 4 is 5.96 Å². The summed E-state index contributed by atoms with van der Waals surface area (Å²) >= 11 is 0. The number of guanidine groups is 1. The van der Waals surface area contributed by atoms with Gasteiger partial charge in [-0.25, -0.2) is 0 Å². The van der Waals surface area contributed by atoms with E-state index in [-0.39, 0.29) is 0 Å². The lowest BCUT2D eigenvalue weighted by atomic mass is 9.98. The Morgan fingerprint density at radius 1 is 1.20 bits per heavy atom. The third kappa shape index (κ3) is 7.92. The molecule has 0 amide bonds. The highest BCUT2D eigenvalue weighted by atomic mass is 16.5. The zero-order valence-corrected chi connectivity index (χ0v) is 16.1. The number of hydrogen-bond donors (Lipinski definition) is 2. The van der Waals surface area contributed by atoms with Crippen molar-refractivity contribution in [2.75, 3.05) is 46.6 Å². The van der Waals surface area contributed by atoms with Gasteiger partial charge in [-0.05, 0) is 44.9 Å². The largest absolute Gasteiger partial charge is 0.379 e. The summed E-state index contributed by atoms with van der Waals surface area (Å²) in [7, 11) is 1.82. The van der Waals surface area contributed by atoms with Crippen molar-refractivity contribution in [3.63, 3.8) is 0 Å². The normalized spacial score (nSPS) is 23.1. The van der Waals surface area contributed by atoms with Crippen LogP contribution in [0.3, 0.4) is 0 Å². The fraction of sp³-hybridized carbons (Fsp3) is 0.947. The Labute approximate surface area is 153 Å². The first-order chi connectivity index (χ1) is 12.3. The fourth-order valence-electron chi connectivity index (χ4n) is 3.73. The molecular formula is C19H37N3O3. The minimum atomic E-state index is 0.295. The van der Waals surface area contributed by atoms with Gasteiger partial charge >= 0.3 is 0 Å². The molecule has 1 aliphatic carbocycles. The highest BCUT2D eigenvalue weighted by Crippen LogP contribution is 2.30. The second kappa shape index (κ2) is 12.5. The summed E-state index contributed by atoms with van der Waals surface area (Å²) in [5.74, 6) is 1.61. The van der Waals surface area contributed by atoms with Crippen molar-refractivity contribution in [2.45, 2.75) is 64.1 Å². The molecule has 2 fully saturated rings. The van der Waals surface area contributed by atoms with Crippen LogP contribution in [0.4, 0.5) is 0 Å². The summed E-state index contributed by atoms with van der Waals surface area (Å²) in [5.41, 5.74) is 0. The maximum Gasteiger partial charge on any atom is 0.190 e. The molecule has 146 valence electrons. The smallest absolute Gasteiger partial charge is 0.190 e. The molecule has 6 heteroatoms. The van der Waals surface area contributed by atoms with Gasteiger partial charge in [-0.15, -0.1) is 0 Å². The van der Waals surface area contributed by atoms with Gasteiger partial charge in [-0.2, -0.15) is 0 Å². The number of aliphatic imine (C=N–C) groups is 1. The summed E-state index contributed by atoms with van der Waals surface area (Å²) in [5, 5.41) is 6.77. The van der Waals surface area contributed by atoms with Crippen LogP contribution in [-0.4, -0.2) is 64.7 Å². The topological polar surface area (TPSA) is 64.1 Å². The van der Waals surface area contributed by atoms with Crippen LogP contribution in [0.15, 0.2) is 4.99 Å². The quantitative estimate of drug-likeness (QED) is 0.338. The average Bonchev–Trinajstić information content (AvgIpc) is 3.32. The molecule has 0 aromatic rings. The lowest BCUT2D eigenvalue weighted by molar-refractivity contribution is 0.0169. The molecule has 2 aliphatic rings. The second-order valence-electron chi connectivity index (χ2n) is 6.96. The first-order valence-corrected chi connectivity index (χ1v) is 10.1. The van der Waals surface area contributed by atoms with Gasteiger partial charge in [0.15, 0.2) is 5.96 Å². The number of hydrogen-bond acceptors (Lipinski definition) is 4. The minimum Gasteiger partial charge on any atom is -0.379 e. The van der Waals surface area contributed by atoms with Gasteiger partial charge in [0, 0.05) is 40.0 Å². The third-order valence-electron chi connectivity index (χ3n) is 5.11. The summed E-state index contributed by atoms with van der Waals surface area (Å²) in [6.07, 6.45) is 9.10. The molecule has 0 bridgehead atoms. The molecule has 1 saturated carbocycles. The van der Waals surface area contributed by atoms with Crippen molar-refractivity contribution in [1.82, 2.24) is 10.6 Å². The number of ether oxygens (including phenoxy) is 3. The molecule has 2 unspecified atom stereocenters. The summed E-state index contributed by atoms with van der Waals surface area (Å²) in [4.78, 5) is 4.30. The van der Waals surface area contributed by atoms with Gasteiger partial charge < -0.3 is 24.8 Å². The molecule has 0 aromatic heterocycles. The Balaban J connectivity index is 1.54. The van der Waals surface area contributed by atoms with E-state index in [0.29, 0.717) is 12.2 Å². The minimum absolute atomic E-state index is 0.295. The second-order valence-corrected chi connectivity index (χ2v) is 6.96. The fourth-order valence-corrected chi connectivity index (χ4v) is 3.73. The molecule has 1 saturated heterocycles. The Morgan fingerprint density at radius 3 is 2.68 bits per heavy atom. The van der Waals surface area contributed by atoms with Gasteiger partial charge in [0.25, 0.3) is 0 Å². The highest BCUT2D eigenvalue weighted by molar-refractivity contribution is 5.79. The van der Waals surface area contributed by atoms with Crippen molar-refractivity contribution < 1.29 is 14.2 Å². The van der Waals surface area contributed by atoms with E-state index in [9.17, 15) is 0 Å². The van der Waals surface area contributed by atoms with E-state index in [4.69, 9.17) is 14.2 Å². The van der Waals surface area contributed by atoms with Gasteiger partial charge in [-0.3, -0.25) is 4.99 Å². The predicted octanol–water partition coefficient (Wildman–Crippen LogP) is 2.33. The monoisotopic (exact) mass is 355 g/mol. The van der Waals surface area contributed by atoms with Crippen LogP contribution in [0, 0.1) is 5.92 Å². The van der Waals surface area contributed by atoms with E-state index in [2.05, 4.69) is 22.5 Å². The molecule has 0 radical (unpaired) electrons. The maximum absolute atomic E-state index is 5.98. The summed E-state index contributed by atoms with van der Waals surface area (Å²) in [6.45, 7) is 7.02. The Hall–Kier alpha value is -0.850. The van der Waals surface area contributed by atoms with Crippen LogP contribution in [-0.2, 0) is 14.2 Å². The third-order valence-corrected chi connectivity index (χ3v) is 5.11. The SMILES string of the molecule is CCOC(CCNC(=NC)NCCCOC1CCOC1)C1CCCC1. The molecule has 1 aliphatic heterocycles. The van der Waals surface area contributed by atoms with Gasteiger partial charge in [0.2, 0.25) is 0 Å². The van der Waals surface area contributed by atoms with Crippen LogP contribution in [0.1, 0.15) is 51.9 Å². The van der Waals surface area contributed by atoms with Gasteiger partial charge in [0.1, 0.15) is 0 Å². The van der Waals surface area contributed by atoms with Crippen molar-refractivity contribution in [3.05, 3.63) is 0 Å². The van der Waals surface area contributed by atoms with Crippen LogP contribution in [0.25, 0.3) is 0 Å². The zero-order valence-electron chi connectivity index (χ0n) is 16.1. The molecule has 0 aromatic carbocycles. The number of nitrogens with zero attached hydrogens (tertiary/aromatic N) is 1.